The average Bonchev–Trinajstić information content (AvgIpc) is 2.71. The number of aryl methyl sites for hydroxylation is 2. The third-order valence-corrected chi connectivity index (χ3v) is 4.26. The summed E-state index contributed by atoms with van der Waals surface area (Å²) in [5.41, 5.74) is 9.92. The summed E-state index contributed by atoms with van der Waals surface area (Å²) in [4.78, 5) is 26.5. The van der Waals surface area contributed by atoms with Crippen molar-refractivity contribution in [2.45, 2.75) is 26.2 Å². The number of fused-ring (bicyclic) bond motifs is 1. The van der Waals surface area contributed by atoms with Gasteiger partial charge in [-0.15, -0.1) is 12.4 Å². The summed E-state index contributed by atoms with van der Waals surface area (Å²) in [5.74, 6) is -0.242. The van der Waals surface area contributed by atoms with E-state index in [0.717, 1.165) is 29.7 Å². The Kier molecular flexibility index (Phi) is 6.04. The number of hydrogen-bond acceptors (Lipinski definition) is 3. The van der Waals surface area contributed by atoms with Gasteiger partial charge in [-0.1, -0.05) is 24.3 Å². The molecule has 25 heavy (non-hydrogen) atoms. The third kappa shape index (κ3) is 4.31. The van der Waals surface area contributed by atoms with E-state index in [0.29, 0.717) is 17.8 Å². The van der Waals surface area contributed by atoms with Crippen molar-refractivity contribution in [3.63, 3.8) is 0 Å². The number of halogens is 1. The first-order valence-corrected chi connectivity index (χ1v) is 8.09. The molecule has 2 aromatic rings. The highest BCUT2D eigenvalue weighted by molar-refractivity contribution is 6.03. The van der Waals surface area contributed by atoms with Crippen molar-refractivity contribution in [2.75, 3.05) is 22.5 Å². The van der Waals surface area contributed by atoms with Gasteiger partial charge in [0.1, 0.15) is 6.54 Å². The van der Waals surface area contributed by atoms with Crippen LogP contribution in [-0.2, 0) is 16.0 Å². The van der Waals surface area contributed by atoms with Gasteiger partial charge in [0, 0.05) is 23.5 Å². The molecule has 3 N–H and O–H groups in total. The van der Waals surface area contributed by atoms with Crippen molar-refractivity contribution in [1.29, 1.82) is 0 Å². The van der Waals surface area contributed by atoms with E-state index in [4.69, 9.17) is 5.73 Å². The van der Waals surface area contributed by atoms with Crippen molar-refractivity contribution in [3.05, 3.63) is 53.6 Å². The zero-order chi connectivity index (χ0) is 17.1. The molecule has 0 saturated carbocycles. The largest absolute Gasteiger partial charge is 0.399 e. The molecule has 0 aliphatic carbocycles. The molecule has 0 unspecified atom stereocenters. The normalized spacial score (nSPS) is 13.5. The molecule has 1 aliphatic rings. The molecule has 5 nitrogen and oxygen atoms in total. The van der Waals surface area contributed by atoms with Gasteiger partial charge in [0.05, 0.1) is 0 Å². The summed E-state index contributed by atoms with van der Waals surface area (Å²) < 4.78 is 0. The van der Waals surface area contributed by atoms with E-state index >= 15 is 0 Å². The van der Waals surface area contributed by atoms with Gasteiger partial charge in [-0.05, 0) is 49.1 Å². The van der Waals surface area contributed by atoms with Gasteiger partial charge in [0.15, 0.2) is 0 Å². The Labute approximate surface area is 153 Å². The van der Waals surface area contributed by atoms with Crippen LogP contribution in [0.15, 0.2) is 42.5 Å². The lowest BCUT2D eigenvalue weighted by Crippen LogP contribution is -2.37. The standard InChI is InChI=1S/C19H21N3O2.ClH/c1-13-9-10-15(20)11-16(13)21-18(23)12-22-17-7-3-2-5-14(17)6-4-8-19(22)24;/h2-3,5,7,9-11H,4,6,8,12,20H2,1H3,(H,21,23);1H. The van der Waals surface area contributed by atoms with Gasteiger partial charge < -0.3 is 16.0 Å². The molecule has 2 amide bonds. The van der Waals surface area contributed by atoms with Crippen molar-refractivity contribution in [1.82, 2.24) is 0 Å². The van der Waals surface area contributed by atoms with Crippen LogP contribution in [0.3, 0.4) is 0 Å². The van der Waals surface area contributed by atoms with E-state index in [1.807, 2.05) is 37.3 Å². The van der Waals surface area contributed by atoms with Crippen LogP contribution in [0.4, 0.5) is 17.1 Å². The minimum atomic E-state index is -0.228. The van der Waals surface area contributed by atoms with Gasteiger partial charge in [-0.3, -0.25) is 9.59 Å². The minimum Gasteiger partial charge on any atom is -0.399 e. The Bertz CT molecular complexity index is 792. The van der Waals surface area contributed by atoms with E-state index in [9.17, 15) is 9.59 Å². The zero-order valence-corrected chi connectivity index (χ0v) is 14.9. The highest BCUT2D eigenvalue weighted by Crippen LogP contribution is 2.27. The number of amides is 2. The second-order valence-electron chi connectivity index (χ2n) is 6.08. The molecule has 0 fully saturated rings. The van der Waals surface area contributed by atoms with Crippen LogP contribution in [0.25, 0.3) is 0 Å². The Morgan fingerprint density at radius 1 is 1.20 bits per heavy atom. The van der Waals surface area contributed by atoms with Crippen LogP contribution < -0.4 is 16.0 Å². The number of hydrogen-bond donors (Lipinski definition) is 2. The number of nitrogen functional groups attached to an aromatic ring is 1. The number of rotatable bonds is 3. The molecule has 0 saturated heterocycles. The summed E-state index contributed by atoms with van der Waals surface area (Å²) in [6, 6.07) is 13.1. The molecular weight excluding hydrogens is 338 g/mol. The number of carbonyl (C=O) groups is 2. The molecule has 0 atom stereocenters. The molecule has 1 heterocycles. The van der Waals surface area contributed by atoms with Crippen LogP contribution in [0.5, 0.6) is 0 Å². The summed E-state index contributed by atoms with van der Waals surface area (Å²) in [6.07, 6.45) is 2.12. The lowest BCUT2D eigenvalue weighted by atomic mass is 10.1. The van der Waals surface area contributed by atoms with Crippen LogP contribution in [0, 0.1) is 6.92 Å². The molecular formula is C19H22ClN3O2. The first kappa shape index (κ1) is 18.8. The highest BCUT2D eigenvalue weighted by atomic mass is 35.5. The molecule has 0 spiro atoms. The van der Waals surface area contributed by atoms with Gasteiger partial charge in [-0.25, -0.2) is 0 Å². The fourth-order valence-corrected chi connectivity index (χ4v) is 2.97. The van der Waals surface area contributed by atoms with Gasteiger partial charge in [0.25, 0.3) is 0 Å². The Hall–Kier alpha value is -2.53. The maximum absolute atomic E-state index is 12.5. The molecule has 1 aliphatic heterocycles. The number of nitrogens with zero attached hydrogens (tertiary/aromatic N) is 1. The van der Waals surface area contributed by atoms with Crippen molar-refractivity contribution >= 4 is 41.3 Å². The van der Waals surface area contributed by atoms with E-state index < -0.39 is 0 Å². The molecule has 3 rings (SSSR count). The fraction of sp³-hybridized carbons (Fsp3) is 0.263. The van der Waals surface area contributed by atoms with Crippen LogP contribution in [0.1, 0.15) is 24.0 Å². The second kappa shape index (κ2) is 8.03. The molecule has 6 heteroatoms. The van der Waals surface area contributed by atoms with E-state index in [2.05, 4.69) is 5.32 Å². The predicted octanol–water partition coefficient (Wildman–Crippen LogP) is 3.31. The van der Waals surface area contributed by atoms with Gasteiger partial charge >= 0.3 is 0 Å². The van der Waals surface area contributed by atoms with Gasteiger partial charge in [-0.2, -0.15) is 0 Å². The zero-order valence-electron chi connectivity index (χ0n) is 14.1. The summed E-state index contributed by atoms with van der Waals surface area (Å²) >= 11 is 0. The number of carbonyl (C=O) groups excluding carboxylic acids is 2. The SMILES string of the molecule is Cc1ccc(N)cc1NC(=O)CN1C(=O)CCCc2ccccc21.Cl. The Morgan fingerprint density at radius 3 is 2.76 bits per heavy atom. The Morgan fingerprint density at radius 2 is 1.96 bits per heavy atom. The third-order valence-electron chi connectivity index (χ3n) is 4.26. The van der Waals surface area contributed by atoms with Crippen molar-refractivity contribution in [3.8, 4) is 0 Å². The summed E-state index contributed by atoms with van der Waals surface area (Å²) in [5, 5.41) is 2.86. The highest BCUT2D eigenvalue weighted by Gasteiger charge is 2.24. The molecule has 0 aromatic heterocycles. The topological polar surface area (TPSA) is 75.4 Å². The minimum absolute atomic E-state index is 0. The second-order valence-corrected chi connectivity index (χ2v) is 6.08. The number of nitrogens with two attached hydrogens (primary N) is 1. The van der Waals surface area contributed by atoms with Gasteiger partial charge in [0.2, 0.25) is 11.8 Å². The molecule has 132 valence electrons. The van der Waals surface area contributed by atoms with E-state index in [1.165, 1.54) is 0 Å². The summed E-state index contributed by atoms with van der Waals surface area (Å²) in [7, 11) is 0. The number of nitrogens with one attached hydrogen (secondary N) is 1. The summed E-state index contributed by atoms with van der Waals surface area (Å²) in [6.45, 7) is 1.91. The predicted molar refractivity (Wildman–Crippen MR) is 103 cm³/mol. The first-order valence-electron chi connectivity index (χ1n) is 8.09. The maximum Gasteiger partial charge on any atom is 0.244 e. The number of anilines is 3. The smallest absolute Gasteiger partial charge is 0.244 e. The van der Waals surface area contributed by atoms with Crippen LogP contribution in [0.2, 0.25) is 0 Å². The van der Waals surface area contributed by atoms with E-state index in [-0.39, 0.29) is 30.8 Å². The average molecular weight is 360 g/mol. The fourth-order valence-electron chi connectivity index (χ4n) is 2.97. The Balaban J connectivity index is 0.00000225. The number of para-hydroxylation sites is 1. The maximum atomic E-state index is 12.5. The van der Waals surface area contributed by atoms with Crippen LogP contribution >= 0.6 is 12.4 Å². The number of benzene rings is 2. The quantitative estimate of drug-likeness (QED) is 0.825. The lowest BCUT2D eigenvalue weighted by Gasteiger charge is -2.22. The monoisotopic (exact) mass is 359 g/mol. The lowest BCUT2D eigenvalue weighted by molar-refractivity contribution is -0.121. The van der Waals surface area contributed by atoms with Crippen molar-refractivity contribution < 1.29 is 9.59 Å². The molecule has 0 radical (unpaired) electrons. The first-order chi connectivity index (χ1) is 11.5. The molecule has 2 aromatic carbocycles. The van der Waals surface area contributed by atoms with Crippen molar-refractivity contribution in [2.24, 2.45) is 0 Å². The van der Waals surface area contributed by atoms with E-state index in [1.54, 1.807) is 17.0 Å². The molecule has 0 bridgehead atoms. The van der Waals surface area contributed by atoms with Crippen LogP contribution in [-0.4, -0.2) is 18.4 Å².